The third-order valence-electron chi connectivity index (χ3n) is 1.98. The van der Waals surface area contributed by atoms with Gasteiger partial charge in [0, 0.05) is 19.8 Å². The van der Waals surface area contributed by atoms with Crippen LogP contribution >= 0.6 is 11.6 Å². The minimum absolute atomic E-state index is 0.0870. The molecule has 0 spiro atoms. The lowest BCUT2D eigenvalue weighted by Crippen LogP contribution is -2.32. The molecule has 0 fully saturated rings. The third-order valence-corrected chi connectivity index (χ3v) is 3.10. The maximum Gasteiger partial charge on any atom is 0.273 e. The Balaban J connectivity index is 2.67. The van der Waals surface area contributed by atoms with Crippen LogP contribution in [0, 0.1) is 0 Å². The maximum absolute atomic E-state index is 11.8. The molecule has 17 heavy (non-hydrogen) atoms. The van der Waals surface area contributed by atoms with Gasteiger partial charge >= 0.3 is 0 Å². The fourth-order valence-electron chi connectivity index (χ4n) is 1.02. The predicted octanol–water partition coefficient (Wildman–Crippen LogP) is 0.247. The molecule has 0 aromatic carbocycles. The van der Waals surface area contributed by atoms with E-state index in [-0.39, 0.29) is 23.1 Å². The van der Waals surface area contributed by atoms with Gasteiger partial charge in [0.05, 0.1) is 18.1 Å². The highest BCUT2D eigenvalue weighted by molar-refractivity contribution is 7.90. The molecule has 94 valence electrons. The van der Waals surface area contributed by atoms with Gasteiger partial charge in [-0.05, 0) is 0 Å². The molecule has 0 bridgehead atoms. The summed E-state index contributed by atoms with van der Waals surface area (Å²) in [4.78, 5) is 20.6. The SMILES string of the molecule is CN(CCS(C)(=O)=O)C(=O)c1cnc(Cl)cn1. The summed E-state index contributed by atoms with van der Waals surface area (Å²) in [5, 5.41) is 0.195. The predicted molar refractivity (Wildman–Crippen MR) is 63.7 cm³/mol. The molecule has 0 N–H and O–H groups in total. The molecule has 6 nitrogen and oxygen atoms in total. The van der Waals surface area contributed by atoms with Crippen molar-refractivity contribution in [3.63, 3.8) is 0 Å². The standard InChI is InChI=1S/C9H12ClN3O3S/c1-13(3-4-17(2,15)16)9(14)7-5-12-8(10)6-11-7/h5-6H,3-4H2,1-2H3. The summed E-state index contributed by atoms with van der Waals surface area (Å²) in [6.07, 6.45) is 3.63. The largest absolute Gasteiger partial charge is 0.339 e. The zero-order valence-electron chi connectivity index (χ0n) is 9.42. The zero-order chi connectivity index (χ0) is 13.1. The third kappa shape index (κ3) is 4.66. The van der Waals surface area contributed by atoms with Crippen molar-refractivity contribution >= 4 is 27.3 Å². The Kier molecular flexibility index (Phi) is 4.41. The molecule has 0 unspecified atom stereocenters. The summed E-state index contributed by atoms with van der Waals surface area (Å²) in [5.41, 5.74) is 0.130. The van der Waals surface area contributed by atoms with Crippen LogP contribution in [0.5, 0.6) is 0 Å². The second-order valence-corrected chi connectivity index (χ2v) is 6.23. The topological polar surface area (TPSA) is 80.2 Å². The Morgan fingerprint density at radius 3 is 2.53 bits per heavy atom. The number of amides is 1. The van der Waals surface area contributed by atoms with Crippen molar-refractivity contribution < 1.29 is 13.2 Å². The fraction of sp³-hybridized carbons (Fsp3) is 0.444. The molecule has 1 rings (SSSR count). The molecule has 0 saturated carbocycles. The quantitative estimate of drug-likeness (QED) is 0.788. The molecule has 0 atom stereocenters. The number of hydrogen-bond donors (Lipinski definition) is 0. The van der Waals surface area contributed by atoms with E-state index < -0.39 is 15.7 Å². The summed E-state index contributed by atoms with van der Waals surface area (Å²) < 4.78 is 21.9. The summed E-state index contributed by atoms with van der Waals surface area (Å²) in [6.45, 7) is 0.113. The molecule has 0 saturated heterocycles. The van der Waals surface area contributed by atoms with Crippen molar-refractivity contribution in [3.8, 4) is 0 Å². The van der Waals surface area contributed by atoms with Crippen LogP contribution in [-0.4, -0.2) is 54.8 Å². The average Bonchev–Trinajstić information content (AvgIpc) is 2.25. The number of aromatic nitrogens is 2. The monoisotopic (exact) mass is 277 g/mol. The smallest absolute Gasteiger partial charge is 0.273 e. The van der Waals surface area contributed by atoms with Crippen LogP contribution in [0.2, 0.25) is 5.15 Å². The van der Waals surface area contributed by atoms with Crippen LogP contribution in [0.3, 0.4) is 0 Å². The number of rotatable bonds is 4. The number of sulfone groups is 1. The van der Waals surface area contributed by atoms with Crippen molar-refractivity contribution in [2.75, 3.05) is 25.6 Å². The minimum Gasteiger partial charge on any atom is -0.339 e. The van der Waals surface area contributed by atoms with Gasteiger partial charge in [0.1, 0.15) is 20.7 Å². The van der Waals surface area contributed by atoms with Crippen LogP contribution in [0.15, 0.2) is 12.4 Å². The van der Waals surface area contributed by atoms with E-state index >= 15 is 0 Å². The van der Waals surface area contributed by atoms with Gasteiger partial charge in [0.2, 0.25) is 0 Å². The Morgan fingerprint density at radius 2 is 2.06 bits per heavy atom. The van der Waals surface area contributed by atoms with Gasteiger partial charge < -0.3 is 4.90 Å². The van der Waals surface area contributed by atoms with Gasteiger partial charge in [-0.3, -0.25) is 4.79 Å². The second kappa shape index (κ2) is 5.42. The Bertz CT molecular complexity index is 501. The van der Waals surface area contributed by atoms with E-state index in [1.807, 2.05) is 0 Å². The van der Waals surface area contributed by atoms with Crippen LogP contribution in [0.4, 0.5) is 0 Å². The average molecular weight is 278 g/mol. The number of carbonyl (C=O) groups is 1. The summed E-state index contributed by atoms with van der Waals surface area (Å²) in [6, 6.07) is 0. The number of halogens is 1. The maximum atomic E-state index is 11.8. The highest BCUT2D eigenvalue weighted by atomic mass is 35.5. The highest BCUT2D eigenvalue weighted by Gasteiger charge is 2.15. The van der Waals surface area contributed by atoms with Crippen LogP contribution in [-0.2, 0) is 9.84 Å². The van der Waals surface area contributed by atoms with Crippen molar-refractivity contribution in [1.29, 1.82) is 0 Å². The van der Waals surface area contributed by atoms with Crippen LogP contribution < -0.4 is 0 Å². The van der Waals surface area contributed by atoms with Crippen molar-refractivity contribution in [2.24, 2.45) is 0 Å². The van der Waals surface area contributed by atoms with Gasteiger partial charge in [-0.15, -0.1) is 0 Å². The Labute approximate surface area is 105 Å². The van der Waals surface area contributed by atoms with Crippen molar-refractivity contribution in [2.45, 2.75) is 0 Å². The summed E-state index contributed by atoms with van der Waals surface area (Å²) in [5.74, 6) is -0.478. The second-order valence-electron chi connectivity index (χ2n) is 3.58. The van der Waals surface area contributed by atoms with E-state index in [1.165, 1.54) is 24.3 Å². The Hall–Kier alpha value is -1.21. The molecule has 8 heteroatoms. The molecule has 0 aliphatic carbocycles. The number of nitrogens with zero attached hydrogens (tertiary/aromatic N) is 3. The van der Waals surface area contributed by atoms with Gasteiger partial charge in [-0.1, -0.05) is 11.6 Å². The lowest BCUT2D eigenvalue weighted by atomic mass is 10.4. The first kappa shape index (κ1) is 13.9. The van der Waals surface area contributed by atoms with E-state index in [1.54, 1.807) is 0 Å². The van der Waals surface area contributed by atoms with Crippen molar-refractivity contribution in [3.05, 3.63) is 23.2 Å². The first-order chi connectivity index (χ1) is 7.79. The molecule has 1 aromatic heterocycles. The van der Waals surface area contributed by atoms with Crippen LogP contribution in [0.1, 0.15) is 10.5 Å². The first-order valence-electron chi connectivity index (χ1n) is 4.70. The molecule has 1 heterocycles. The zero-order valence-corrected chi connectivity index (χ0v) is 11.0. The molecular formula is C9H12ClN3O3S. The molecule has 1 amide bonds. The summed E-state index contributed by atoms with van der Waals surface area (Å²) in [7, 11) is -1.59. The molecule has 0 radical (unpaired) electrons. The van der Waals surface area contributed by atoms with Gasteiger partial charge in [-0.2, -0.15) is 0 Å². The number of carbonyl (C=O) groups excluding carboxylic acids is 1. The van der Waals surface area contributed by atoms with Gasteiger partial charge in [0.15, 0.2) is 0 Å². The lowest BCUT2D eigenvalue weighted by molar-refractivity contribution is 0.0797. The van der Waals surface area contributed by atoms with E-state index in [9.17, 15) is 13.2 Å². The molecule has 0 aliphatic heterocycles. The van der Waals surface area contributed by atoms with E-state index in [2.05, 4.69) is 9.97 Å². The first-order valence-corrected chi connectivity index (χ1v) is 7.14. The number of hydrogen-bond acceptors (Lipinski definition) is 5. The minimum atomic E-state index is -3.09. The van der Waals surface area contributed by atoms with Gasteiger partial charge in [-0.25, -0.2) is 18.4 Å². The van der Waals surface area contributed by atoms with Crippen LogP contribution in [0.25, 0.3) is 0 Å². The Morgan fingerprint density at radius 1 is 1.41 bits per heavy atom. The highest BCUT2D eigenvalue weighted by Crippen LogP contribution is 2.03. The lowest BCUT2D eigenvalue weighted by Gasteiger charge is -2.15. The van der Waals surface area contributed by atoms with E-state index in [0.717, 1.165) is 6.26 Å². The van der Waals surface area contributed by atoms with Crippen molar-refractivity contribution in [1.82, 2.24) is 14.9 Å². The van der Waals surface area contributed by atoms with Gasteiger partial charge in [0.25, 0.3) is 5.91 Å². The molecule has 1 aromatic rings. The van der Waals surface area contributed by atoms with E-state index in [4.69, 9.17) is 11.6 Å². The fourth-order valence-corrected chi connectivity index (χ4v) is 1.73. The summed E-state index contributed by atoms with van der Waals surface area (Å²) >= 11 is 5.54. The molecular weight excluding hydrogens is 266 g/mol. The normalized spacial score (nSPS) is 11.2. The molecule has 0 aliphatic rings. The van der Waals surface area contributed by atoms with E-state index in [0.29, 0.717) is 0 Å².